The van der Waals surface area contributed by atoms with Crippen LogP contribution in [0.3, 0.4) is 0 Å². The summed E-state index contributed by atoms with van der Waals surface area (Å²) in [6, 6.07) is 19.0. The van der Waals surface area contributed by atoms with E-state index in [9.17, 15) is 18.0 Å². The van der Waals surface area contributed by atoms with Gasteiger partial charge < -0.3 is 4.74 Å². The molecule has 0 atom stereocenters. The Labute approximate surface area is 164 Å². The Balaban J connectivity index is 1.63. The number of alkyl halides is 3. The van der Waals surface area contributed by atoms with Crippen molar-refractivity contribution in [1.82, 2.24) is 0 Å². The van der Waals surface area contributed by atoms with Crippen LogP contribution in [0.4, 0.5) is 18.9 Å². The van der Waals surface area contributed by atoms with Gasteiger partial charge in [-0.25, -0.2) is 4.79 Å². The minimum absolute atomic E-state index is 0.313. The first-order valence-corrected chi connectivity index (χ1v) is 8.39. The molecule has 29 heavy (non-hydrogen) atoms. The van der Waals surface area contributed by atoms with Gasteiger partial charge in [-0.3, -0.25) is 4.99 Å². The van der Waals surface area contributed by atoms with E-state index in [4.69, 9.17) is 10.00 Å². The van der Waals surface area contributed by atoms with E-state index in [0.29, 0.717) is 28.1 Å². The minimum atomic E-state index is -4.37. The third-order valence-electron chi connectivity index (χ3n) is 3.90. The predicted molar refractivity (Wildman–Crippen MR) is 101 cm³/mol. The van der Waals surface area contributed by atoms with Crippen LogP contribution >= 0.6 is 0 Å². The van der Waals surface area contributed by atoms with Crippen LogP contribution in [0.5, 0.6) is 5.75 Å². The van der Waals surface area contributed by atoms with Crippen LogP contribution < -0.4 is 4.74 Å². The van der Waals surface area contributed by atoms with Gasteiger partial charge >= 0.3 is 12.1 Å². The molecular formula is C22H13F3N2O2. The lowest BCUT2D eigenvalue weighted by Gasteiger charge is -2.06. The summed E-state index contributed by atoms with van der Waals surface area (Å²) >= 11 is 0. The van der Waals surface area contributed by atoms with E-state index < -0.39 is 17.7 Å². The zero-order valence-corrected chi connectivity index (χ0v) is 14.9. The highest BCUT2D eigenvalue weighted by Gasteiger charge is 2.29. The van der Waals surface area contributed by atoms with Gasteiger partial charge in [0.1, 0.15) is 5.75 Å². The average Bonchev–Trinajstić information content (AvgIpc) is 2.73. The molecule has 0 aliphatic rings. The average molecular weight is 394 g/mol. The van der Waals surface area contributed by atoms with E-state index in [-0.39, 0.29) is 0 Å². The van der Waals surface area contributed by atoms with Crippen LogP contribution in [0.1, 0.15) is 27.0 Å². The molecule has 3 aromatic carbocycles. The fourth-order valence-corrected chi connectivity index (χ4v) is 2.35. The van der Waals surface area contributed by atoms with Gasteiger partial charge in [0.15, 0.2) is 0 Å². The smallest absolute Gasteiger partial charge is 0.416 e. The number of hydrogen-bond acceptors (Lipinski definition) is 4. The molecule has 4 nitrogen and oxygen atoms in total. The molecule has 0 saturated heterocycles. The number of halogens is 3. The zero-order valence-electron chi connectivity index (χ0n) is 14.9. The van der Waals surface area contributed by atoms with E-state index in [1.165, 1.54) is 42.6 Å². The van der Waals surface area contributed by atoms with Gasteiger partial charge in [-0.2, -0.15) is 18.4 Å². The number of nitrogens with zero attached hydrogens (tertiary/aromatic N) is 2. The van der Waals surface area contributed by atoms with E-state index in [2.05, 4.69) is 4.99 Å². The Bertz CT molecular complexity index is 1060. The monoisotopic (exact) mass is 394 g/mol. The van der Waals surface area contributed by atoms with Gasteiger partial charge in [0.2, 0.25) is 0 Å². The summed E-state index contributed by atoms with van der Waals surface area (Å²) in [4.78, 5) is 16.3. The van der Waals surface area contributed by atoms with Crippen LogP contribution in [0.25, 0.3) is 0 Å². The number of nitriles is 1. The molecule has 0 aliphatic carbocycles. The SMILES string of the molecule is N#Cc1ccc(C(=O)Oc2ccc(N=Cc3ccc(C(F)(F)F)cc3)cc2)cc1. The van der Waals surface area contributed by atoms with Crippen LogP contribution in [-0.4, -0.2) is 12.2 Å². The van der Waals surface area contributed by atoms with Crippen molar-refractivity contribution in [3.05, 3.63) is 95.1 Å². The molecule has 144 valence electrons. The summed E-state index contributed by atoms with van der Waals surface area (Å²) < 4.78 is 42.9. The normalized spacial score (nSPS) is 11.2. The molecule has 0 fully saturated rings. The molecule has 7 heteroatoms. The van der Waals surface area contributed by atoms with Crippen molar-refractivity contribution in [2.24, 2.45) is 4.99 Å². The largest absolute Gasteiger partial charge is 0.423 e. The van der Waals surface area contributed by atoms with E-state index in [0.717, 1.165) is 12.1 Å². The van der Waals surface area contributed by atoms with Crippen LogP contribution in [0.15, 0.2) is 77.8 Å². The second kappa shape index (κ2) is 8.40. The van der Waals surface area contributed by atoms with Gasteiger partial charge in [0.25, 0.3) is 0 Å². The topological polar surface area (TPSA) is 62.5 Å². The van der Waals surface area contributed by atoms with Crippen molar-refractivity contribution < 1.29 is 22.7 Å². The maximum absolute atomic E-state index is 12.6. The second-order valence-corrected chi connectivity index (χ2v) is 5.95. The van der Waals surface area contributed by atoms with Crippen molar-refractivity contribution in [3.63, 3.8) is 0 Å². The number of rotatable bonds is 4. The molecule has 3 rings (SSSR count). The number of ether oxygens (including phenoxy) is 1. The maximum Gasteiger partial charge on any atom is 0.416 e. The summed E-state index contributed by atoms with van der Waals surface area (Å²) in [6.07, 6.45) is -2.93. The number of carbonyl (C=O) groups is 1. The first-order chi connectivity index (χ1) is 13.8. The minimum Gasteiger partial charge on any atom is -0.423 e. The number of benzene rings is 3. The van der Waals surface area contributed by atoms with Gasteiger partial charge in [-0.1, -0.05) is 12.1 Å². The lowest BCUT2D eigenvalue weighted by Crippen LogP contribution is -2.08. The van der Waals surface area contributed by atoms with Gasteiger partial charge in [0.05, 0.1) is 28.4 Å². The third-order valence-corrected chi connectivity index (χ3v) is 3.90. The first kappa shape index (κ1) is 19.8. The molecule has 0 aromatic heterocycles. The quantitative estimate of drug-likeness (QED) is 0.331. The van der Waals surface area contributed by atoms with Crippen molar-refractivity contribution in [1.29, 1.82) is 5.26 Å². The standard InChI is InChI=1S/C22H13F3N2O2/c23-22(24,25)18-7-3-16(4-8-18)14-27-19-9-11-20(12-10-19)29-21(28)17-5-1-15(13-26)2-6-17/h1-12,14H. The number of hydrogen-bond donors (Lipinski definition) is 0. The second-order valence-electron chi connectivity index (χ2n) is 5.95. The molecule has 0 aliphatic heterocycles. The summed E-state index contributed by atoms with van der Waals surface area (Å²) in [6.45, 7) is 0. The van der Waals surface area contributed by atoms with Gasteiger partial charge in [-0.15, -0.1) is 0 Å². The van der Waals surface area contributed by atoms with Crippen LogP contribution in [-0.2, 0) is 6.18 Å². The Morgan fingerprint density at radius 3 is 2.10 bits per heavy atom. The lowest BCUT2D eigenvalue weighted by atomic mass is 10.1. The highest BCUT2D eigenvalue weighted by atomic mass is 19.4. The van der Waals surface area contributed by atoms with Gasteiger partial charge in [-0.05, 0) is 66.2 Å². The summed E-state index contributed by atoms with van der Waals surface area (Å²) in [5.74, 6) is -0.247. The molecule has 0 unspecified atom stereocenters. The van der Waals surface area contributed by atoms with Crippen molar-refractivity contribution in [2.75, 3.05) is 0 Å². The fraction of sp³-hybridized carbons (Fsp3) is 0.0455. The Hall–Kier alpha value is -3.92. The highest BCUT2D eigenvalue weighted by Crippen LogP contribution is 2.29. The van der Waals surface area contributed by atoms with Gasteiger partial charge in [0, 0.05) is 6.21 Å². The Kier molecular flexibility index (Phi) is 5.74. The number of esters is 1. The molecule has 0 heterocycles. The summed E-state index contributed by atoms with van der Waals surface area (Å²) in [7, 11) is 0. The van der Waals surface area contributed by atoms with E-state index in [1.54, 1.807) is 24.3 Å². The fourth-order valence-electron chi connectivity index (χ4n) is 2.35. The van der Waals surface area contributed by atoms with Crippen LogP contribution in [0, 0.1) is 11.3 Å². The summed E-state index contributed by atoms with van der Waals surface area (Å²) in [5.41, 5.74) is 1.10. The van der Waals surface area contributed by atoms with Crippen molar-refractivity contribution in [2.45, 2.75) is 6.18 Å². The lowest BCUT2D eigenvalue weighted by molar-refractivity contribution is -0.137. The van der Waals surface area contributed by atoms with E-state index in [1.807, 2.05) is 6.07 Å². The third kappa shape index (κ3) is 5.30. The molecule has 0 N–H and O–H groups in total. The number of aliphatic imine (C=N–C) groups is 1. The Morgan fingerprint density at radius 2 is 1.55 bits per heavy atom. The highest BCUT2D eigenvalue weighted by molar-refractivity contribution is 5.91. The first-order valence-electron chi connectivity index (χ1n) is 8.39. The zero-order chi connectivity index (χ0) is 20.9. The molecule has 0 bridgehead atoms. The number of carbonyl (C=O) groups excluding carboxylic acids is 1. The van der Waals surface area contributed by atoms with E-state index >= 15 is 0 Å². The Morgan fingerprint density at radius 1 is 0.931 bits per heavy atom. The molecule has 3 aromatic rings. The molecule has 0 amide bonds. The molecule has 0 spiro atoms. The van der Waals surface area contributed by atoms with Crippen LogP contribution in [0.2, 0.25) is 0 Å². The molecule has 0 saturated carbocycles. The molecule has 0 radical (unpaired) electrons. The summed E-state index contributed by atoms with van der Waals surface area (Å²) in [5, 5.41) is 8.77. The van der Waals surface area contributed by atoms with Crippen molar-refractivity contribution in [3.8, 4) is 11.8 Å². The van der Waals surface area contributed by atoms with Crippen molar-refractivity contribution >= 4 is 17.9 Å². The predicted octanol–water partition coefficient (Wildman–Crippen LogP) is 5.55. The maximum atomic E-state index is 12.6. The molecular weight excluding hydrogens is 381 g/mol.